The van der Waals surface area contributed by atoms with Crippen molar-refractivity contribution in [2.45, 2.75) is 12.5 Å². The Kier molecular flexibility index (Phi) is 2.76. The van der Waals surface area contributed by atoms with Crippen molar-refractivity contribution in [3.05, 3.63) is 51.8 Å². The minimum Gasteiger partial charge on any atom is -0.305 e. The Hall–Kier alpha value is -1.13. The number of benzene rings is 1. The summed E-state index contributed by atoms with van der Waals surface area (Å²) in [7, 11) is 1.99. The van der Waals surface area contributed by atoms with Gasteiger partial charge in [0.1, 0.15) is 0 Å². The predicted octanol–water partition coefficient (Wildman–Crippen LogP) is 2.42. The lowest BCUT2D eigenvalue weighted by atomic mass is 9.92. The fourth-order valence-electron chi connectivity index (χ4n) is 2.49. The van der Waals surface area contributed by atoms with Gasteiger partial charge in [0.15, 0.2) is 0 Å². The number of aromatic nitrogens is 2. The van der Waals surface area contributed by atoms with E-state index in [1.807, 2.05) is 17.9 Å². The van der Waals surface area contributed by atoms with Gasteiger partial charge in [0.25, 0.3) is 0 Å². The maximum Gasteiger partial charge on any atom is 0.0762 e. The number of rotatable bonds is 1. The summed E-state index contributed by atoms with van der Waals surface area (Å²) >= 11 is 3.58. The van der Waals surface area contributed by atoms with E-state index in [4.69, 9.17) is 0 Å². The van der Waals surface area contributed by atoms with Gasteiger partial charge in [0.2, 0.25) is 0 Å². The van der Waals surface area contributed by atoms with Gasteiger partial charge in [-0.2, -0.15) is 5.10 Å². The zero-order valence-electron chi connectivity index (χ0n) is 9.65. The van der Waals surface area contributed by atoms with E-state index in [1.54, 1.807) is 0 Å². The van der Waals surface area contributed by atoms with E-state index in [9.17, 15) is 0 Å². The number of nitrogens with zero attached hydrogens (tertiary/aromatic N) is 2. The smallest absolute Gasteiger partial charge is 0.0762 e. The number of nitrogens with one attached hydrogen (secondary N) is 1. The van der Waals surface area contributed by atoms with Crippen molar-refractivity contribution >= 4 is 15.9 Å². The molecule has 3 nitrogen and oxygen atoms in total. The maximum atomic E-state index is 4.29. The summed E-state index contributed by atoms with van der Waals surface area (Å²) in [4.78, 5) is 0. The summed E-state index contributed by atoms with van der Waals surface area (Å²) < 4.78 is 3.00. The third kappa shape index (κ3) is 1.81. The van der Waals surface area contributed by atoms with Crippen LogP contribution >= 0.6 is 15.9 Å². The zero-order chi connectivity index (χ0) is 11.8. The molecule has 0 fully saturated rings. The standard InChI is InChI=1S/C13H14BrN3/c1-17-13(11(14)8-16-17)12-10-5-3-2-4-9(10)6-7-15-12/h2-5,8,12,15H,6-7H2,1H3. The Morgan fingerprint density at radius 1 is 1.41 bits per heavy atom. The van der Waals surface area contributed by atoms with Crippen molar-refractivity contribution in [1.82, 2.24) is 15.1 Å². The molecule has 2 heterocycles. The van der Waals surface area contributed by atoms with Crippen molar-refractivity contribution in [3.8, 4) is 0 Å². The normalized spacial score (nSPS) is 19.1. The number of fused-ring (bicyclic) bond motifs is 1. The van der Waals surface area contributed by atoms with Crippen LogP contribution in [-0.4, -0.2) is 16.3 Å². The molecule has 0 bridgehead atoms. The van der Waals surface area contributed by atoms with Crippen molar-refractivity contribution in [3.63, 3.8) is 0 Å². The molecule has 1 aromatic heterocycles. The van der Waals surface area contributed by atoms with E-state index >= 15 is 0 Å². The molecule has 3 rings (SSSR count). The average molecular weight is 292 g/mol. The van der Waals surface area contributed by atoms with Crippen LogP contribution in [0.3, 0.4) is 0 Å². The quantitative estimate of drug-likeness (QED) is 0.875. The fourth-order valence-corrected chi connectivity index (χ4v) is 3.07. The molecule has 0 aliphatic carbocycles. The van der Waals surface area contributed by atoms with Crippen LogP contribution in [0, 0.1) is 0 Å². The lowest BCUT2D eigenvalue weighted by molar-refractivity contribution is 0.528. The van der Waals surface area contributed by atoms with Crippen LogP contribution in [0.4, 0.5) is 0 Å². The number of hydrogen-bond acceptors (Lipinski definition) is 2. The monoisotopic (exact) mass is 291 g/mol. The molecule has 1 unspecified atom stereocenters. The van der Waals surface area contributed by atoms with Crippen LogP contribution in [0.5, 0.6) is 0 Å². The highest BCUT2D eigenvalue weighted by molar-refractivity contribution is 9.10. The number of halogens is 1. The molecule has 2 aromatic rings. The maximum absolute atomic E-state index is 4.29. The second-order valence-electron chi connectivity index (χ2n) is 4.34. The van der Waals surface area contributed by atoms with E-state index in [-0.39, 0.29) is 6.04 Å². The van der Waals surface area contributed by atoms with E-state index in [0.717, 1.165) is 17.4 Å². The summed E-state index contributed by atoms with van der Waals surface area (Å²) in [5, 5.41) is 7.86. The molecule has 1 atom stereocenters. The average Bonchev–Trinajstić information content (AvgIpc) is 2.69. The molecule has 4 heteroatoms. The molecule has 88 valence electrons. The molecule has 0 saturated carbocycles. The summed E-state index contributed by atoms with van der Waals surface area (Å²) in [5.41, 5.74) is 3.99. The van der Waals surface area contributed by atoms with Gasteiger partial charge in [-0.05, 0) is 33.5 Å². The lowest BCUT2D eigenvalue weighted by Crippen LogP contribution is -2.32. The molecule has 0 radical (unpaired) electrons. The van der Waals surface area contributed by atoms with Gasteiger partial charge in [-0.1, -0.05) is 24.3 Å². The van der Waals surface area contributed by atoms with E-state index < -0.39 is 0 Å². The third-order valence-electron chi connectivity index (χ3n) is 3.32. The SMILES string of the molecule is Cn1ncc(Br)c1C1NCCc2ccccc21. The number of aryl methyl sites for hydroxylation is 1. The zero-order valence-corrected chi connectivity index (χ0v) is 11.2. The van der Waals surface area contributed by atoms with Gasteiger partial charge in [0.05, 0.1) is 22.4 Å². The second-order valence-corrected chi connectivity index (χ2v) is 5.19. The summed E-state index contributed by atoms with van der Waals surface area (Å²) in [6.07, 6.45) is 2.95. The molecule has 0 spiro atoms. The molecule has 0 saturated heterocycles. The van der Waals surface area contributed by atoms with Crippen LogP contribution < -0.4 is 5.32 Å². The minimum absolute atomic E-state index is 0.238. The highest BCUT2D eigenvalue weighted by Gasteiger charge is 2.25. The Morgan fingerprint density at radius 3 is 3.00 bits per heavy atom. The Bertz CT molecular complexity index is 528. The topological polar surface area (TPSA) is 29.9 Å². The second kappa shape index (κ2) is 4.27. The van der Waals surface area contributed by atoms with Crippen molar-refractivity contribution in [2.24, 2.45) is 7.05 Å². The van der Waals surface area contributed by atoms with Gasteiger partial charge in [-0.25, -0.2) is 0 Å². The van der Waals surface area contributed by atoms with Crippen molar-refractivity contribution in [2.75, 3.05) is 6.54 Å². The van der Waals surface area contributed by atoms with Crippen LogP contribution in [0.1, 0.15) is 22.9 Å². The van der Waals surface area contributed by atoms with E-state index in [0.29, 0.717) is 0 Å². The molecular formula is C13H14BrN3. The van der Waals surface area contributed by atoms with Crippen LogP contribution in [0.2, 0.25) is 0 Å². The van der Waals surface area contributed by atoms with Crippen LogP contribution in [0.15, 0.2) is 34.9 Å². The van der Waals surface area contributed by atoms with Gasteiger partial charge >= 0.3 is 0 Å². The van der Waals surface area contributed by atoms with Crippen LogP contribution in [0.25, 0.3) is 0 Å². The molecular weight excluding hydrogens is 278 g/mol. The molecule has 1 aliphatic heterocycles. The van der Waals surface area contributed by atoms with E-state index in [2.05, 4.69) is 50.6 Å². The Balaban J connectivity index is 2.12. The first-order valence-electron chi connectivity index (χ1n) is 5.76. The first kappa shape index (κ1) is 11.0. The molecule has 0 amide bonds. The summed E-state index contributed by atoms with van der Waals surface area (Å²) in [6, 6.07) is 8.86. The molecule has 1 N–H and O–H groups in total. The molecule has 1 aromatic carbocycles. The van der Waals surface area contributed by atoms with E-state index in [1.165, 1.54) is 16.8 Å². The number of hydrogen-bond donors (Lipinski definition) is 1. The third-order valence-corrected chi connectivity index (χ3v) is 3.93. The lowest BCUT2D eigenvalue weighted by Gasteiger charge is -2.27. The van der Waals surface area contributed by atoms with Crippen LogP contribution in [-0.2, 0) is 13.5 Å². The molecule has 17 heavy (non-hydrogen) atoms. The van der Waals surface area contributed by atoms with Gasteiger partial charge in [0, 0.05) is 13.6 Å². The molecule has 1 aliphatic rings. The summed E-state index contributed by atoms with van der Waals surface area (Å²) in [5.74, 6) is 0. The fraction of sp³-hybridized carbons (Fsp3) is 0.308. The Morgan fingerprint density at radius 2 is 2.24 bits per heavy atom. The van der Waals surface area contributed by atoms with Crippen molar-refractivity contribution in [1.29, 1.82) is 0 Å². The first-order chi connectivity index (χ1) is 8.27. The van der Waals surface area contributed by atoms with Gasteiger partial charge in [-0.3, -0.25) is 4.68 Å². The van der Waals surface area contributed by atoms with Crippen molar-refractivity contribution < 1.29 is 0 Å². The highest BCUT2D eigenvalue weighted by atomic mass is 79.9. The van der Waals surface area contributed by atoms with Gasteiger partial charge in [-0.15, -0.1) is 0 Å². The summed E-state index contributed by atoms with van der Waals surface area (Å²) in [6.45, 7) is 1.01. The largest absolute Gasteiger partial charge is 0.305 e. The van der Waals surface area contributed by atoms with Gasteiger partial charge < -0.3 is 5.32 Å². The first-order valence-corrected chi connectivity index (χ1v) is 6.55. The highest BCUT2D eigenvalue weighted by Crippen LogP contribution is 2.32. The Labute approximate surface area is 109 Å². The minimum atomic E-state index is 0.238. The predicted molar refractivity (Wildman–Crippen MR) is 70.9 cm³/mol.